The first-order valence-corrected chi connectivity index (χ1v) is 12.3. The molecule has 186 valence electrons. The zero-order chi connectivity index (χ0) is 24.9. The van der Waals surface area contributed by atoms with Crippen LogP contribution in [0.5, 0.6) is 5.75 Å². The van der Waals surface area contributed by atoms with Crippen molar-refractivity contribution in [3.63, 3.8) is 0 Å². The molecule has 2 aromatic rings. The molecule has 0 spiro atoms. The lowest BCUT2D eigenvalue weighted by Crippen LogP contribution is -2.38. The number of aryl methyl sites for hydroxylation is 2. The predicted molar refractivity (Wildman–Crippen MR) is 134 cm³/mol. The Kier molecular flexibility index (Phi) is 7.88. The average Bonchev–Trinajstić information content (AvgIpc) is 3.10. The van der Waals surface area contributed by atoms with Gasteiger partial charge in [-0.2, -0.15) is 0 Å². The van der Waals surface area contributed by atoms with E-state index < -0.39 is 17.7 Å². The van der Waals surface area contributed by atoms with Gasteiger partial charge in [-0.1, -0.05) is 29.8 Å². The third kappa shape index (κ3) is 5.41. The number of rotatable bonds is 8. The molecular weight excluding hydrogens is 444 g/mol. The minimum Gasteiger partial charge on any atom is -0.507 e. The van der Waals surface area contributed by atoms with Crippen LogP contribution in [0.4, 0.5) is 0 Å². The maximum absolute atomic E-state index is 13.3. The molecule has 1 amide bonds. The highest BCUT2D eigenvalue weighted by Gasteiger charge is 2.45. The molecule has 2 aliphatic heterocycles. The highest BCUT2D eigenvalue weighted by molar-refractivity contribution is 6.46. The number of carbonyl (C=O) groups is 2. The number of likely N-dealkylation sites (tertiary alicyclic amines) is 1. The van der Waals surface area contributed by atoms with Crippen molar-refractivity contribution in [1.82, 2.24) is 9.80 Å². The Morgan fingerprint density at radius 3 is 2.43 bits per heavy atom. The summed E-state index contributed by atoms with van der Waals surface area (Å²) in [5, 5.41) is 11.4. The van der Waals surface area contributed by atoms with Crippen LogP contribution in [0.2, 0.25) is 0 Å². The molecule has 0 radical (unpaired) electrons. The summed E-state index contributed by atoms with van der Waals surface area (Å²) in [5.41, 5.74) is 3.33. The number of benzene rings is 2. The van der Waals surface area contributed by atoms with Crippen LogP contribution in [0.15, 0.2) is 48.0 Å². The predicted octanol–water partition coefficient (Wildman–Crippen LogP) is 3.85. The fourth-order valence-corrected chi connectivity index (χ4v) is 4.80. The molecule has 0 aromatic heterocycles. The van der Waals surface area contributed by atoms with Crippen molar-refractivity contribution in [2.45, 2.75) is 33.2 Å². The fraction of sp³-hybridized carbons (Fsp3) is 0.429. The third-order valence-corrected chi connectivity index (χ3v) is 6.67. The highest BCUT2D eigenvalue weighted by Crippen LogP contribution is 2.40. The standard InChI is InChI=1S/C28H34N2O5/c1-4-35-22-10-11-23(20(3)18-22)26(31)24-25(21-8-6-19(2)7-9-21)30(28(33)27(24)32)13-5-12-29-14-16-34-17-15-29/h6-11,18,25,31H,4-5,12-17H2,1-3H3/b26-24+. The smallest absolute Gasteiger partial charge is 0.295 e. The number of aliphatic hydroxyl groups is 1. The number of morpholine rings is 1. The molecule has 1 unspecified atom stereocenters. The number of aliphatic hydroxyl groups excluding tert-OH is 1. The first kappa shape index (κ1) is 24.9. The van der Waals surface area contributed by atoms with Gasteiger partial charge in [0, 0.05) is 31.7 Å². The van der Waals surface area contributed by atoms with Crippen LogP contribution in [0, 0.1) is 13.8 Å². The summed E-state index contributed by atoms with van der Waals surface area (Å²) in [7, 11) is 0. The van der Waals surface area contributed by atoms with Gasteiger partial charge in [0.05, 0.1) is 31.4 Å². The summed E-state index contributed by atoms with van der Waals surface area (Å²) in [6.45, 7) is 10.7. The first-order valence-electron chi connectivity index (χ1n) is 12.3. The summed E-state index contributed by atoms with van der Waals surface area (Å²) >= 11 is 0. The van der Waals surface area contributed by atoms with E-state index in [1.165, 1.54) is 0 Å². The van der Waals surface area contributed by atoms with Gasteiger partial charge in [-0.05, 0) is 56.5 Å². The number of carbonyl (C=O) groups excluding carboxylic acids is 2. The lowest BCUT2D eigenvalue weighted by molar-refractivity contribution is -0.140. The van der Waals surface area contributed by atoms with Gasteiger partial charge in [-0.3, -0.25) is 14.5 Å². The monoisotopic (exact) mass is 478 g/mol. The molecule has 7 heteroatoms. The summed E-state index contributed by atoms with van der Waals surface area (Å²) in [4.78, 5) is 30.4. The lowest BCUT2D eigenvalue weighted by Gasteiger charge is -2.29. The minimum atomic E-state index is -0.646. The zero-order valence-electron chi connectivity index (χ0n) is 20.8. The Hall–Kier alpha value is -3.16. The SMILES string of the molecule is CCOc1ccc(/C(O)=C2\C(=O)C(=O)N(CCCN3CCOCC3)C2c2ccc(C)cc2)c(C)c1. The summed E-state index contributed by atoms with van der Waals surface area (Å²) in [6.07, 6.45) is 0.734. The van der Waals surface area contributed by atoms with E-state index in [1.807, 2.05) is 51.1 Å². The van der Waals surface area contributed by atoms with Crippen LogP contribution < -0.4 is 4.74 Å². The largest absolute Gasteiger partial charge is 0.507 e. The molecule has 2 fully saturated rings. The maximum Gasteiger partial charge on any atom is 0.295 e. The van der Waals surface area contributed by atoms with Crippen LogP contribution in [-0.4, -0.2) is 72.6 Å². The van der Waals surface area contributed by atoms with Gasteiger partial charge >= 0.3 is 0 Å². The fourth-order valence-electron chi connectivity index (χ4n) is 4.80. The first-order chi connectivity index (χ1) is 16.9. The number of ether oxygens (including phenoxy) is 2. The number of hydrogen-bond donors (Lipinski definition) is 1. The van der Waals surface area contributed by atoms with Crippen molar-refractivity contribution >= 4 is 17.4 Å². The van der Waals surface area contributed by atoms with Gasteiger partial charge < -0.3 is 19.5 Å². The molecule has 35 heavy (non-hydrogen) atoms. The van der Waals surface area contributed by atoms with E-state index in [-0.39, 0.29) is 11.3 Å². The van der Waals surface area contributed by atoms with Gasteiger partial charge in [-0.15, -0.1) is 0 Å². The van der Waals surface area contributed by atoms with Crippen LogP contribution in [-0.2, 0) is 14.3 Å². The van der Waals surface area contributed by atoms with Gasteiger partial charge in [0.25, 0.3) is 11.7 Å². The molecule has 2 aliphatic rings. The van der Waals surface area contributed by atoms with Crippen molar-refractivity contribution in [2.24, 2.45) is 0 Å². The van der Waals surface area contributed by atoms with E-state index in [2.05, 4.69) is 4.90 Å². The number of hydrogen-bond acceptors (Lipinski definition) is 6. The molecule has 4 rings (SSSR count). The van der Waals surface area contributed by atoms with Crippen molar-refractivity contribution in [3.05, 3.63) is 70.3 Å². The maximum atomic E-state index is 13.3. The van der Waals surface area contributed by atoms with Gasteiger partial charge in [0.2, 0.25) is 0 Å². The Labute approximate surface area is 206 Å². The Bertz CT molecular complexity index is 1100. The van der Waals surface area contributed by atoms with Crippen LogP contribution >= 0.6 is 0 Å². The van der Waals surface area contributed by atoms with Crippen molar-refractivity contribution in [1.29, 1.82) is 0 Å². The molecule has 2 aromatic carbocycles. The molecule has 7 nitrogen and oxygen atoms in total. The van der Waals surface area contributed by atoms with Crippen LogP contribution in [0.1, 0.15) is 41.6 Å². The number of amides is 1. The topological polar surface area (TPSA) is 79.3 Å². The van der Waals surface area contributed by atoms with E-state index >= 15 is 0 Å². The van der Waals surface area contributed by atoms with E-state index in [9.17, 15) is 14.7 Å². The highest BCUT2D eigenvalue weighted by atomic mass is 16.5. The van der Waals surface area contributed by atoms with E-state index in [4.69, 9.17) is 9.47 Å². The number of ketones is 1. The van der Waals surface area contributed by atoms with Crippen molar-refractivity contribution in [3.8, 4) is 5.75 Å². The van der Waals surface area contributed by atoms with E-state index in [0.717, 1.165) is 56.0 Å². The molecule has 0 saturated carbocycles. The van der Waals surface area contributed by atoms with Crippen LogP contribution in [0.25, 0.3) is 5.76 Å². The van der Waals surface area contributed by atoms with E-state index in [1.54, 1.807) is 17.0 Å². The Balaban J connectivity index is 1.68. The molecule has 2 heterocycles. The average molecular weight is 479 g/mol. The zero-order valence-corrected chi connectivity index (χ0v) is 20.8. The van der Waals surface area contributed by atoms with Crippen molar-refractivity contribution < 1.29 is 24.2 Å². The Morgan fingerprint density at radius 1 is 1.06 bits per heavy atom. The normalized spacial score (nSPS) is 20.4. The number of Topliss-reactive ketones (excluding diaryl/α,β-unsaturated/α-hetero) is 1. The van der Waals surface area contributed by atoms with Gasteiger partial charge in [0.1, 0.15) is 11.5 Å². The molecule has 1 N–H and O–H groups in total. The molecular formula is C28H34N2O5. The molecule has 0 bridgehead atoms. The molecule has 2 saturated heterocycles. The number of nitrogens with zero attached hydrogens (tertiary/aromatic N) is 2. The Morgan fingerprint density at radius 2 is 1.77 bits per heavy atom. The lowest BCUT2D eigenvalue weighted by atomic mass is 9.93. The van der Waals surface area contributed by atoms with Crippen molar-refractivity contribution in [2.75, 3.05) is 46.0 Å². The second-order valence-corrected chi connectivity index (χ2v) is 9.12. The van der Waals surface area contributed by atoms with E-state index in [0.29, 0.717) is 24.5 Å². The summed E-state index contributed by atoms with van der Waals surface area (Å²) < 4.78 is 11.0. The minimum absolute atomic E-state index is 0.137. The summed E-state index contributed by atoms with van der Waals surface area (Å²) in [6, 6.07) is 12.5. The molecule has 0 aliphatic carbocycles. The molecule has 1 atom stereocenters. The second kappa shape index (κ2) is 11.1. The van der Waals surface area contributed by atoms with Gasteiger partial charge in [-0.25, -0.2) is 0 Å². The van der Waals surface area contributed by atoms with Gasteiger partial charge in [0.15, 0.2) is 0 Å². The second-order valence-electron chi connectivity index (χ2n) is 9.12. The van der Waals surface area contributed by atoms with Crippen LogP contribution in [0.3, 0.4) is 0 Å². The summed E-state index contributed by atoms with van der Waals surface area (Å²) in [5.74, 6) is -0.666. The third-order valence-electron chi connectivity index (χ3n) is 6.67. The quantitative estimate of drug-likeness (QED) is 0.353.